The van der Waals surface area contributed by atoms with E-state index in [1.807, 2.05) is 7.05 Å². The summed E-state index contributed by atoms with van der Waals surface area (Å²) < 4.78 is 5.23. The Morgan fingerprint density at radius 2 is 2.11 bits per heavy atom. The van der Waals surface area contributed by atoms with E-state index in [9.17, 15) is 0 Å². The van der Waals surface area contributed by atoms with Gasteiger partial charge in [0.1, 0.15) is 6.33 Å². The Morgan fingerprint density at radius 1 is 1.28 bits per heavy atom. The predicted octanol–water partition coefficient (Wildman–Crippen LogP) is 1.52. The molecule has 0 amide bonds. The number of nitrogens with zero attached hydrogens (tertiary/aromatic N) is 2. The van der Waals surface area contributed by atoms with Crippen LogP contribution in [0.2, 0.25) is 0 Å². The third-order valence-corrected chi connectivity index (χ3v) is 3.68. The molecule has 0 saturated carbocycles. The highest BCUT2D eigenvalue weighted by molar-refractivity contribution is 5.26. The van der Waals surface area contributed by atoms with E-state index in [1.165, 1.54) is 36.2 Å². The van der Waals surface area contributed by atoms with Gasteiger partial charge in [-0.05, 0) is 38.3 Å². The van der Waals surface area contributed by atoms with Gasteiger partial charge in [-0.1, -0.05) is 6.42 Å². The van der Waals surface area contributed by atoms with Gasteiger partial charge in [0.15, 0.2) is 0 Å². The van der Waals surface area contributed by atoms with Gasteiger partial charge in [-0.2, -0.15) is 0 Å². The largest absolute Gasteiger partial charge is 0.383 e. The van der Waals surface area contributed by atoms with Gasteiger partial charge in [0.2, 0.25) is 0 Å². The topological polar surface area (TPSA) is 47.0 Å². The van der Waals surface area contributed by atoms with Crippen molar-refractivity contribution in [1.29, 1.82) is 0 Å². The average molecular weight is 249 g/mol. The zero-order valence-corrected chi connectivity index (χ0v) is 11.4. The molecule has 1 aromatic rings. The Balaban J connectivity index is 2.17. The Kier molecular flexibility index (Phi) is 5.08. The van der Waals surface area contributed by atoms with Crippen LogP contribution in [0.4, 0.5) is 0 Å². The van der Waals surface area contributed by atoms with Crippen LogP contribution in [0.15, 0.2) is 6.33 Å². The lowest BCUT2D eigenvalue weighted by Crippen LogP contribution is -2.33. The van der Waals surface area contributed by atoms with Gasteiger partial charge in [0.25, 0.3) is 0 Å². The molecule has 1 N–H and O–H groups in total. The van der Waals surface area contributed by atoms with Crippen molar-refractivity contribution in [3.63, 3.8) is 0 Å². The van der Waals surface area contributed by atoms with Gasteiger partial charge < -0.3 is 10.1 Å². The number of hydrogen-bond acceptors (Lipinski definition) is 4. The molecule has 0 bridgehead atoms. The summed E-state index contributed by atoms with van der Waals surface area (Å²) in [6, 6.07) is 0.331. The molecule has 4 heteroatoms. The van der Waals surface area contributed by atoms with Crippen molar-refractivity contribution in [3.8, 4) is 0 Å². The number of likely N-dealkylation sites (N-methyl/N-ethyl adjacent to an activating group) is 1. The van der Waals surface area contributed by atoms with Crippen LogP contribution < -0.4 is 5.32 Å². The number of methoxy groups -OCH3 is 1. The first-order valence-electron chi connectivity index (χ1n) is 6.83. The second-order valence-corrected chi connectivity index (χ2v) is 4.95. The van der Waals surface area contributed by atoms with E-state index >= 15 is 0 Å². The summed E-state index contributed by atoms with van der Waals surface area (Å²) in [5.74, 6) is 0. The molecule has 1 unspecified atom stereocenters. The second-order valence-electron chi connectivity index (χ2n) is 4.95. The monoisotopic (exact) mass is 249 g/mol. The number of hydrogen-bond donors (Lipinski definition) is 1. The number of aromatic nitrogens is 2. The zero-order valence-electron chi connectivity index (χ0n) is 11.4. The average Bonchev–Trinajstić information content (AvgIpc) is 2.64. The highest BCUT2D eigenvalue weighted by Crippen LogP contribution is 2.21. The van der Waals surface area contributed by atoms with E-state index in [2.05, 4.69) is 15.3 Å². The van der Waals surface area contributed by atoms with Gasteiger partial charge in [-0.3, -0.25) is 0 Å². The van der Waals surface area contributed by atoms with E-state index in [1.54, 1.807) is 13.4 Å². The molecule has 0 saturated heterocycles. The molecule has 1 aliphatic carbocycles. The molecule has 1 atom stereocenters. The highest BCUT2D eigenvalue weighted by atomic mass is 16.5. The van der Waals surface area contributed by atoms with Crippen LogP contribution in [0.25, 0.3) is 0 Å². The molecular weight excluding hydrogens is 226 g/mol. The first-order valence-corrected chi connectivity index (χ1v) is 6.83. The molecular formula is C14H23N3O. The van der Waals surface area contributed by atoms with Gasteiger partial charge in [0, 0.05) is 31.0 Å². The third kappa shape index (κ3) is 3.27. The lowest BCUT2D eigenvalue weighted by Gasteiger charge is -2.17. The summed E-state index contributed by atoms with van der Waals surface area (Å²) in [4.78, 5) is 8.95. The Hall–Kier alpha value is -1.00. The van der Waals surface area contributed by atoms with E-state index in [-0.39, 0.29) is 0 Å². The lowest BCUT2D eigenvalue weighted by atomic mass is 10.0. The Morgan fingerprint density at radius 3 is 2.89 bits per heavy atom. The van der Waals surface area contributed by atoms with Gasteiger partial charge >= 0.3 is 0 Å². The fourth-order valence-electron chi connectivity index (χ4n) is 2.62. The predicted molar refractivity (Wildman–Crippen MR) is 71.7 cm³/mol. The van der Waals surface area contributed by atoms with Gasteiger partial charge in [-0.15, -0.1) is 0 Å². The third-order valence-electron chi connectivity index (χ3n) is 3.68. The van der Waals surface area contributed by atoms with Gasteiger partial charge in [0.05, 0.1) is 6.61 Å². The highest BCUT2D eigenvalue weighted by Gasteiger charge is 2.17. The Labute approximate surface area is 109 Å². The summed E-state index contributed by atoms with van der Waals surface area (Å²) in [5, 5.41) is 3.29. The van der Waals surface area contributed by atoms with Crippen LogP contribution in [0.5, 0.6) is 0 Å². The van der Waals surface area contributed by atoms with E-state index in [0.717, 1.165) is 25.9 Å². The van der Waals surface area contributed by atoms with Crippen LogP contribution in [-0.4, -0.2) is 36.8 Å². The lowest BCUT2D eigenvalue weighted by molar-refractivity contribution is 0.169. The summed E-state index contributed by atoms with van der Waals surface area (Å²) >= 11 is 0. The Bertz CT molecular complexity index is 381. The maximum atomic E-state index is 5.23. The quantitative estimate of drug-likeness (QED) is 0.804. The molecule has 1 aromatic heterocycles. The van der Waals surface area contributed by atoms with Crippen molar-refractivity contribution in [1.82, 2.24) is 15.3 Å². The number of fused-ring (bicyclic) bond motifs is 1. The number of rotatable bonds is 5. The van der Waals surface area contributed by atoms with Crippen LogP contribution in [0, 0.1) is 0 Å². The normalized spacial score (nSPS) is 17.0. The molecule has 18 heavy (non-hydrogen) atoms. The fraction of sp³-hybridized carbons (Fsp3) is 0.714. The minimum absolute atomic E-state index is 0.331. The van der Waals surface area contributed by atoms with E-state index < -0.39 is 0 Å². The van der Waals surface area contributed by atoms with Crippen LogP contribution in [0.3, 0.4) is 0 Å². The smallest absolute Gasteiger partial charge is 0.115 e. The second kappa shape index (κ2) is 6.81. The molecule has 100 valence electrons. The minimum atomic E-state index is 0.331. The first kappa shape index (κ1) is 13.4. The van der Waals surface area contributed by atoms with Crippen molar-refractivity contribution >= 4 is 0 Å². The molecule has 2 rings (SSSR count). The zero-order chi connectivity index (χ0) is 12.8. The van der Waals surface area contributed by atoms with E-state index in [0.29, 0.717) is 6.04 Å². The van der Waals surface area contributed by atoms with Crippen LogP contribution >= 0.6 is 0 Å². The number of nitrogens with one attached hydrogen (secondary N) is 1. The molecule has 4 nitrogen and oxygen atoms in total. The minimum Gasteiger partial charge on any atom is -0.383 e. The van der Waals surface area contributed by atoms with Gasteiger partial charge in [-0.25, -0.2) is 9.97 Å². The maximum absolute atomic E-state index is 5.23. The molecule has 0 aliphatic heterocycles. The van der Waals surface area contributed by atoms with Crippen molar-refractivity contribution in [3.05, 3.63) is 23.3 Å². The summed E-state index contributed by atoms with van der Waals surface area (Å²) in [6.07, 6.45) is 8.73. The molecule has 0 spiro atoms. The molecule has 1 aliphatic rings. The molecule has 1 heterocycles. The summed E-state index contributed by atoms with van der Waals surface area (Å²) in [5.41, 5.74) is 3.87. The van der Waals surface area contributed by atoms with Crippen molar-refractivity contribution in [2.24, 2.45) is 0 Å². The fourth-order valence-corrected chi connectivity index (χ4v) is 2.62. The molecule has 0 aromatic carbocycles. The van der Waals surface area contributed by atoms with Crippen LogP contribution in [0.1, 0.15) is 36.2 Å². The maximum Gasteiger partial charge on any atom is 0.115 e. The van der Waals surface area contributed by atoms with Crippen LogP contribution in [-0.2, 0) is 24.0 Å². The molecule has 0 radical (unpaired) electrons. The number of aryl methyl sites for hydroxylation is 1. The standard InChI is InChI=1S/C14H23N3O/c1-15-11(9-18-2)8-14-12-6-4-3-5-7-13(12)16-10-17-14/h10-11,15H,3-9H2,1-2H3. The van der Waals surface area contributed by atoms with Crippen molar-refractivity contribution in [2.75, 3.05) is 20.8 Å². The SMILES string of the molecule is CNC(COC)Cc1ncnc2c1CCCCC2. The summed E-state index contributed by atoms with van der Waals surface area (Å²) in [7, 11) is 3.72. The van der Waals surface area contributed by atoms with Crippen molar-refractivity contribution < 1.29 is 4.74 Å². The first-order chi connectivity index (χ1) is 8.85. The van der Waals surface area contributed by atoms with E-state index in [4.69, 9.17) is 4.74 Å². The molecule has 0 fully saturated rings. The number of ether oxygens (including phenoxy) is 1. The van der Waals surface area contributed by atoms with Crippen molar-refractivity contribution in [2.45, 2.75) is 44.6 Å². The summed E-state index contributed by atoms with van der Waals surface area (Å²) in [6.45, 7) is 0.718.